The highest BCUT2D eigenvalue weighted by Gasteiger charge is 2.26. The van der Waals surface area contributed by atoms with E-state index >= 15 is 0 Å². The van der Waals surface area contributed by atoms with Crippen molar-refractivity contribution in [2.75, 3.05) is 6.54 Å². The van der Waals surface area contributed by atoms with Crippen molar-refractivity contribution in [2.24, 2.45) is 17.3 Å². The molecule has 16 heavy (non-hydrogen) atoms. The number of hydrogen-bond donors (Lipinski definition) is 1. The highest BCUT2D eigenvalue weighted by atomic mass is 14.9. The summed E-state index contributed by atoms with van der Waals surface area (Å²) < 4.78 is 0. The molecule has 0 aliphatic heterocycles. The lowest BCUT2D eigenvalue weighted by atomic mass is 9.82. The van der Waals surface area contributed by atoms with Crippen LogP contribution in [0.3, 0.4) is 0 Å². The molecule has 1 rings (SSSR count). The molecular formula is C15H31N. The molecule has 2 atom stereocenters. The molecule has 0 heterocycles. The fourth-order valence-electron chi connectivity index (χ4n) is 2.92. The summed E-state index contributed by atoms with van der Waals surface area (Å²) in [4.78, 5) is 0. The van der Waals surface area contributed by atoms with Crippen molar-refractivity contribution in [3.63, 3.8) is 0 Å². The van der Waals surface area contributed by atoms with Crippen LogP contribution in [0.25, 0.3) is 0 Å². The Balaban J connectivity index is 2.28. The average molecular weight is 225 g/mol. The highest BCUT2D eigenvalue weighted by molar-refractivity contribution is 4.81. The first-order valence-corrected chi connectivity index (χ1v) is 7.14. The van der Waals surface area contributed by atoms with Crippen LogP contribution in [0.4, 0.5) is 0 Å². The van der Waals surface area contributed by atoms with Crippen LogP contribution in [0, 0.1) is 17.3 Å². The van der Waals surface area contributed by atoms with E-state index in [0.29, 0.717) is 5.41 Å². The van der Waals surface area contributed by atoms with E-state index in [1.165, 1.54) is 32.1 Å². The Morgan fingerprint density at radius 2 is 1.88 bits per heavy atom. The molecule has 0 saturated heterocycles. The second-order valence-corrected chi connectivity index (χ2v) is 7.04. The number of rotatable bonds is 7. The molecule has 0 radical (unpaired) electrons. The largest absolute Gasteiger partial charge is 0.314 e. The average Bonchev–Trinajstić information content (AvgIpc) is 2.84. The molecule has 1 saturated carbocycles. The summed E-state index contributed by atoms with van der Waals surface area (Å²) in [6.07, 6.45) is 7.09. The van der Waals surface area contributed by atoms with E-state index in [0.717, 1.165) is 24.4 Å². The van der Waals surface area contributed by atoms with Crippen LogP contribution in [0.5, 0.6) is 0 Å². The fourth-order valence-corrected chi connectivity index (χ4v) is 2.92. The third-order valence-electron chi connectivity index (χ3n) is 3.46. The van der Waals surface area contributed by atoms with Crippen molar-refractivity contribution in [3.8, 4) is 0 Å². The summed E-state index contributed by atoms with van der Waals surface area (Å²) in [5.74, 6) is 1.90. The molecule has 1 nitrogen and oxygen atoms in total. The van der Waals surface area contributed by atoms with Crippen molar-refractivity contribution in [1.82, 2.24) is 5.32 Å². The molecule has 1 aliphatic rings. The molecule has 0 aromatic rings. The molecular weight excluding hydrogens is 194 g/mol. The molecule has 0 spiro atoms. The van der Waals surface area contributed by atoms with Crippen LogP contribution >= 0.6 is 0 Å². The van der Waals surface area contributed by atoms with Crippen molar-refractivity contribution in [3.05, 3.63) is 0 Å². The predicted octanol–water partition coefficient (Wildman–Crippen LogP) is 4.23. The highest BCUT2D eigenvalue weighted by Crippen LogP contribution is 2.35. The van der Waals surface area contributed by atoms with Gasteiger partial charge in [0, 0.05) is 6.04 Å². The van der Waals surface area contributed by atoms with E-state index in [2.05, 4.69) is 39.9 Å². The van der Waals surface area contributed by atoms with Crippen molar-refractivity contribution in [1.29, 1.82) is 0 Å². The summed E-state index contributed by atoms with van der Waals surface area (Å²) in [6.45, 7) is 12.8. The molecule has 0 amide bonds. The zero-order chi connectivity index (χ0) is 12.2. The van der Waals surface area contributed by atoms with Crippen molar-refractivity contribution >= 4 is 0 Å². The van der Waals surface area contributed by atoms with E-state index < -0.39 is 0 Å². The molecule has 0 aromatic heterocycles. The molecule has 1 aliphatic carbocycles. The third kappa shape index (κ3) is 6.52. The Labute approximate surface area is 102 Å². The van der Waals surface area contributed by atoms with Gasteiger partial charge in [-0.15, -0.1) is 0 Å². The zero-order valence-electron chi connectivity index (χ0n) is 12.0. The van der Waals surface area contributed by atoms with Gasteiger partial charge >= 0.3 is 0 Å². The number of hydrogen-bond acceptors (Lipinski definition) is 1. The van der Waals surface area contributed by atoms with Crippen LogP contribution < -0.4 is 5.32 Å². The first-order valence-electron chi connectivity index (χ1n) is 7.14. The van der Waals surface area contributed by atoms with Gasteiger partial charge in [0.1, 0.15) is 0 Å². The van der Waals surface area contributed by atoms with Crippen LogP contribution in [0.1, 0.15) is 66.7 Å². The Morgan fingerprint density at radius 3 is 2.31 bits per heavy atom. The van der Waals surface area contributed by atoms with Gasteiger partial charge in [-0.25, -0.2) is 0 Å². The van der Waals surface area contributed by atoms with Gasteiger partial charge in [0.05, 0.1) is 0 Å². The van der Waals surface area contributed by atoms with E-state index in [1.807, 2.05) is 0 Å². The third-order valence-corrected chi connectivity index (χ3v) is 3.46. The monoisotopic (exact) mass is 225 g/mol. The standard InChI is InChI=1S/C15H31N/c1-6-16-14(10-13-7-8-13)9-12(2)11-15(3,4)5/h12-14,16H,6-11H2,1-5H3. The van der Waals surface area contributed by atoms with E-state index in [1.54, 1.807) is 0 Å². The van der Waals surface area contributed by atoms with Crippen molar-refractivity contribution in [2.45, 2.75) is 72.8 Å². The summed E-state index contributed by atoms with van der Waals surface area (Å²) in [5, 5.41) is 3.67. The fraction of sp³-hybridized carbons (Fsp3) is 1.00. The Morgan fingerprint density at radius 1 is 1.25 bits per heavy atom. The van der Waals surface area contributed by atoms with Gasteiger partial charge in [-0.3, -0.25) is 0 Å². The van der Waals surface area contributed by atoms with Gasteiger partial charge in [0.2, 0.25) is 0 Å². The Hall–Kier alpha value is -0.0400. The van der Waals surface area contributed by atoms with Gasteiger partial charge in [-0.05, 0) is 43.1 Å². The zero-order valence-corrected chi connectivity index (χ0v) is 12.0. The molecule has 1 fully saturated rings. The molecule has 1 heteroatoms. The Kier molecular flexibility index (Phi) is 5.30. The minimum atomic E-state index is 0.482. The summed E-state index contributed by atoms with van der Waals surface area (Å²) in [7, 11) is 0. The lowest BCUT2D eigenvalue weighted by Gasteiger charge is -2.27. The summed E-state index contributed by atoms with van der Waals surface area (Å²) in [5.41, 5.74) is 0.482. The maximum atomic E-state index is 3.67. The second kappa shape index (κ2) is 6.05. The van der Waals surface area contributed by atoms with Gasteiger partial charge in [0.15, 0.2) is 0 Å². The normalized spacial score (nSPS) is 20.8. The number of nitrogens with one attached hydrogen (secondary N) is 1. The van der Waals surface area contributed by atoms with Crippen LogP contribution in [-0.4, -0.2) is 12.6 Å². The Bertz CT molecular complexity index is 188. The van der Waals surface area contributed by atoms with E-state index in [4.69, 9.17) is 0 Å². The van der Waals surface area contributed by atoms with Crippen LogP contribution in [0.15, 0.2) is 0 Å². The van der Waals surface area contributed by atoms with Crippen LogP contribution in [-0.2, 0) is 0 Å². The van der Waals surface area contributed by atoms with E-state index in [-0.39, 0.29) is 0 Å². The maximum absolute atomic E-state index is 3.67. The minimum Gasteiger partial charge on any atom is -0.314 e. The van der Waals surface area contributed by atoms with Gasteiger partial charge in [-0.2, -0.15) is 0 Å². The molecule has 0 aromatic carbocycles. The molecule has 2 unspecified atom stereocenters. The smallest absolute Gasteiger partial charge is 0.00721 e. The first-order chi connectivity index (χ1) is 7.40. The van der Waals surface area contributed by atoms with Gasteiger partial charge in [0.25, 0.3) is 0 Å². The topological polar surface area (TPSA) is 12.0 Å². The van der Waals surface area contributed by atoms with Crippen LogP contribution in [0.2, 0.25) is 0 Å². The maximum Gasteiger partial charge on any atom is 0.00721 e. The lowest BCUT2D eigenvalue weighted by molar-refractivity contribution is 0.269. The summed E-state index contributed by atoms with van der Waals surface area (Å²) in [6, 6.07) is 0.773. The predicted molar refractivity (Wildman–Crippen MR) is 72.7 cm³/mol. The molecule has 0 bridgehead atoms. The SMILES string of the molecule is CCNC(CC(C)CC(C)(C)C)CC1CC1. The molecule has 1 N–H and O–H groups in total. The quantitative estimate of drug-likeness (QED) is 0.684. The van der Waals surface area contributed by atoms with Gasteiger partial charge in [-0.1, -0.05) is 47.5 Å². The summed E-state index contributed by atoms with van der Waals surface area (Å²) >= 11 is 0. The molecule has 96 valence electrons. The van der Waals surface area contributed by atoms with Crippen molar-refractivity contribution < 1.29 is 0 Å². The van der Waals surface area contributed by atoms with Gasteiger partial charge < -0.3 is 5.32 Å². The first kappa shape index (κ1) is 14.0. The van der Waals surface area contributed by atoms with E-state index in [9.17, 15) is 0 Å². The minimum absolute atomic E-state index is 0.482. The second-order valence-electron chi connectivity index (χ2n) is 7.04. The lowest BCUT2D eigenvalue weighted by Crippen LogP contribution is -2.31.